The first-order chi connectivity index (χ1) is 1.41. The van der Waals surface area contributed by atoms with Gasteiger partial charge in [0.15, 0.2) is 0 Å². The maximum atomic E-state index is 4.34. The van der Waals surface area contributed by atoms with Gasteiger partial charge in [-0.3, -0.25) is 0 Å². The van der Waals surface area contributed by atoms with Crippen LogP contribution in [0.15, 0.2) is 0 Å². The van der Waals surface area contributed by atoms with E-state index in [9.17, 15) is 0 Å². The van der Waals surface area contributed by atoms with E-state index in [1.807, 2.05) is 0 Å². The molecule has 20 valence electrons. The van der Waals surface area contributed by atoms with Crippen LogP contribution in [-0.4, -0.2) is 15.6 Å². The predicted octanol–water partition coefficient (Wildman–Crippen LogP) is -2.67. The summed E-state index contributed by atoms with van der Waals surface area (Å²) in [6.07, 6.45) is 0. The van der Waals surface area contributed by atoms with Gasteiger partial charge in [0.2, 0.25) is 0 Å². The normalized spacial score (nSPS) is 5.25. The zero-order valence-corrected chi connectivity index (χ0v) is 5.89. The zero-order valence-electron chi connectivity index (χ0n) is 3.30. The van der Waals surface area contributed by atoms with Gasteiger partial charge in [-0.1, -0.05) is 0 Å². The monoisotopic (exact) mass is 152 g/mol. The molecule has 0 aromatic heterocycles. The van der Waals surface area contributed by atoms with E-state index in [-0.39, 0.29) is 20.3 Å². The minimum absolute atomic E-state index is 0. The average Bonchev–Trinajstić information content (AvgIpc) is 0.918. The Morgan fingerprint density at radius 1 is 2.00 bits per heavy atom. The van der Waals surface area contributed by atoms with Crippen LogP contribution >= 0.6 is 6.05 Å². The van der Waals surface area contributed by atoms with Crippen LogP contribution in [0.4, 0.5) is 0 Å². The van der Waals surface area contributed by atoms with Crippen molar-refractivity contribution in [1.29, 1.82) is 0 Å². The maximum Gasteiger partial charge on any atom is 1.00 e. The molecule has 0 unspecified atom stereocenters. The van der Waals surface area contributed by atoms with E-state index < -0.39 is 0 Å². The van der Waals surface area contributed by atoms with Crippen molar-refractivity contribution in [3.63, 3.8) is 0 Å². The van der Waals surface area contributed by atoms with Gasteiger partial charge in [-0.05, 0) is 0 Å². The zero-order chi connectivity index (χ0) is 2.71. The molecule has 0 bridgehead atoms. The fourth-order valence-electron chi connectivity index (χ4n) is 0. The second-order valence-corrected chi connectivity index (χ2v) is 3.82. The van der Waals surface area contributed by atoms with Gasteiger partial charge in [0, 0.05) is 0 Å². The Hall–Kier alpha value is 1.64. The molecular weight excluding hydrogens is 149 g/mol. The summed E-state index contributed by atoms with van der Waals surface area (Å²) in [5.74, 6) is 0. The summed E-state index contributed by atoms with van der Waals surface area (Å²) >= 11 is 6.59. The average molecular weight is 151 g/mol. The van der Waals surface area contributed by atoms with Gasteiger partial charge in [-0.25, -0.2) is 0 Å². The summed E-state index contributed by atoms with van der Waals surface area (Å²) in [5, 5.41) is 0. The van der Waals surface area contributed by atoms with Crippen LogP contribution < -0.4 is 18.9 Å². The smallest absolute Gasteiger partial charge is 1.00 e. The molecule has 0 N–H and O–H groups in total. The Bertz CT molecular complexity index is 19.1. The van der Waals surface area contributed by atoms with E-state index in [2.05, 4.69) is 27.4 Å². The van der Waals surface area contributed by atoms with Crippen LogP contribution in [0.5, 0.6) is 0 Å². The molecule has 0 aliphatic heterocycles. The van der Waals surface area contributed by atoms with E-state index in [0.717, 1.165) is 6.05 Å². The molecule has 4 heavy (non-hydrogen) atoms. The third-order valence-corrected chi connectivity index (χ3v) is 0. The number of hydrogen-bond acceptors (Lipinski definition) is 1. The summed E-state index contributed by atoms with van der Waals surface area (Å²) in [5.41, 5.74) is 0. The van der Waals surface area contributed by atoms with E-state index in [1.54, 1.807) is 0 Å². The van der Waals surface area contributed by atoms with Gasteiger partial charge in [-0.15, -0.1) is 0 Å². The maximum absolute atomic E-state index is 4.34. The van der Waals surface area contributed by atoms with E-state index in [4.69, 9.17) is 0 Å². The molecule has 0 saturated heterocycles. The Morgan fingerprint density at radius 2 is 2.00 bits per heavy atom. The molecule has 0 fully saturated rings. The molecule has 0 rings (SSSR count). The van der Waals surface area contributed by atoms with Gasteiger partial charge >= 0.3 is 52.3 Å². The van der Waals surface area contributed by atoms with Gasteiger partial charge in [-0.2, -0.15) is 0 Å². The second-order valence-electron chi connectivity index (χ2n) is 0.0816. The first-order valence-electron chi connectivity index (χ1n) is 0.383. The van der Waals surface area contributed by atoms with Crippen molar-refractivity contribution in [2.75, 3.05) is 0 Å². The van der Waals surface area contributed by atoms with Crippen molar-refractivity contribution in [3.8, 4) is 0 Å². The van der Waals surface area contributed by atoms with Crippen molar-refractivity contribution in [3.05, 3.63) is 0 Å². The Labute approximate surface area is 53.6 Å². The van der Waals surface area contributed by atoms with Crippen LogP contribution in [0.25, 0.3) is 0 Å². The van der Waals surface area contributed by atoms with Crippen LogP contribution in [0, 0.1) is 0 Å². The Balaban J connectivity index is -0.0000000200. The molecule has 0 aromatic carbocycles. The van der Waals surface area contributed by atoms with Crippen molar-refractivity contribution in [1.82, 2.24) is 0 Å². The summed E-state index contributed by atoms with van der Waals surface area (Å²) in [4.78, 5) is 0. The molecule has 0 spiro atoms. The molecule has 0 saturated carbocycles. The summed E-state index contributed by atoms with van der Waals surface area (Å²) in [6.45, 7) is 0. The van der Waals surface area contributed by atoms with Gasteiger partial charge in [0.25, 0.3) is 0 Å². The van der Waals surface area contributed by atoms with E-state index in [0.29, 0.717) is 0 Å². The van der Waals surface area contributed by atoms with Gasteiger partial charge < -0.3 is 1.43 Å². The third-order valence-electron chi connectivity index (χ3n) is 0. The van der Waals surface area contributed by atoms with Crippen molar-refractivity contribution in [2.45, 2.75) is 0 Å². The quantitative estimate of drug-likeness (QED) is 0.268. The summed E-state index contributed by atoms with van der Waals surface area (Å²) in [6, 6.07) is 0.938. The predicted molar refractivity (Wildman–Crippen MR) is 22.5 cm³/mol. The molecule has 0 aromatic rings. The molecule has 4 heteroatoms. The fourth-order valence-corrected chi connectivity index (χ4v) is 0. The molecule has 0 aliphatic rings. The number of hydrogen-bond donors (Lipinski definition) is 0. The van der Waals surface area contributed by atoms with Crippen LogP contribution in [0.1, 0.15) is 1.43 Å². The minimum atomic E-state index is 0. The molecule has 0 aliphatic carbocycles. The fraction of sp³-hybridized carbons (Fsp3) is 0. The standard InChI is InChI=1S/Li.HPSSe.H/c;2-1-3;/h;(H,2,3);/q+1;;-1. The van der Waals surface area contributed by atoms with E-state index in [1.165, 1.54) is 0 Å². The molecule has 0 nitrogen and oxygen atoms in total. The van der Waals surface area contributed by atoms with Crippen LogP contribution in [-0.2, 0) is 11.8 Å². The Morgan fingerprint density at radius 3 is 2.00 bits per heavy atom. The molecule has 0 radical (unpaired) electrons. The van der Waals surface area contributed by atoms with Gasteiger partial charge in [0.05, 0.1) is 0 Å². The molecule has 0 heterocycles. The van der Waals surface area contributed by atoms with Crippen LogP contribution in [0.3, 0.4) is 0 Å². The topological polar surface area (TPSA) is 0 Å². The van der Waals surface area contributed by atoms with Gasteiger partial charge in [0.1, 0.15) is 0 Å². The largest absolute Gasteiger partial charge is 1.00 e. The van der Waals surface area contributed by atoms with Crippen LogP contribution in [0.2, 0.25) is 0 Å². The van der Waals surface area contributed by atoms with Crippen molar-refractivity contribution in [2.24, 2.45) is 0 Å². The summed E-state index contributed by atoms with van der Waals surface area (Å²) in [7, 11) is 0. The molecule has 0 amide bonds. The SMILES string of the molecule is S=P[SeH].[H-].[Li+]. The second kappa shape index (κ2) is 8.82. The molecule has 0 atom stereocenters. The Kier molecular flexibility index (Phi) is 20.2. The number of rotatable bonds is 0. The first-order valence-corrected chi connectivity index (χ1v) is 4.76. The van der Waals surface area contributed by atoms with Crippen molar-refractivity contribution < 1.29 is 20.3 Å². The first kappa shape index (κ1) is 9.16. The van der Waals surface area contributed by atoms with Crippen molar-refractivity contribution >= 4 is 33.4 Å². The summed E-state index contributed by atoms with van der Waals surface area (Å²) < 4.78 is 0. The van der Waals surface area contributed by atoms with E-state index >= 15 is 0 Å². The third kappa shape index (κ3) is 9.44. The molecular formula is H2LiPSSe. The minimum Gasteiger partial charge on any atom is -1.00 e.